The number of nitrogens with zero attached hydrogens (tertiary/aromatic N) is 2. The Morgan fingerprint density at radius 2 is 2.00 bits per heavy atom. The van der Waals surface area contributed by atoms with Gasteiger partial charge in [0.2, 0.25) is 0 Å². The van der Waals surface area contributed by atoms with Crippen LogP contribution in [0.1, 0.15) is 18.9 Å². The first kappa shape index (κ1) is 14.9. The minimum atomic E-state index is 0.677. The fourth-order valence-electron chi connectivity index (χ4n) is 2.45. The molecule has 0 aliphatic carbocycles. The molecule has 0 fully saturated rings. The van der Waals surface area contributed by atoms with Crippen LogP contribution in [0, 0.1) is 0 Å². The van der Waals surface area contributed by atoms with Crippen molar-refractivity contribution in [1.29, 1.82) is 0 Å². The number of rotatable bonds is 6. The summed E-state index contributed by atoms with van der Waals surface area (Å²) in [6.07, 6.45) is 3.60. The molecule has 0 aliphatic rings. The second-order valence-corrected chi connectivity index (χ2v) is 6.03. The zero-order valence-corrected chi connectivity index (χ0v) is 13.5. The summed E-state index contributed by atoms with van der Waals surface area (Å²) in [4.78, 5) is 9.82. The number of fused-ring (bicyclic) bond motifs is 1. The van der Waals surface area contributed by atoms with E-state index in [0.717, 1.165) is 35.4 Å². The van der Waals surface area contributed by atoms with Crippen LogP contribution in [0.15, 0.2) is 36.0 Å². The average Bonchev–Trinajstić information content (AvgIpc) is 3.00. The molecule has 0 atom stereocenters. The summed E-state index contributed by atoms with van der Waals surface area (Å²) in [5.74, 6) is 0.897. The lowest BCUT2D eigenvalue weighted by molar-refractivity contribution is 0.871. The molecule has 0 bridgehead atoms. The van der Waals surface area contributed by atoms with Crippen molar-refractivity contribution in [1.82, 2.24) is 9.97 Å². The van der Waals surface area contributed by atoms with Crippen LogP contribution in [-0.4, -0.2) is 23.1 Å². The molecule has 3 rings (SSSR count). The molecule has 3 N–H and O–H groups in total. The number of thiophene rings is 1. The van der Waals surface area contributed by atoms with Crippen molar-refractivity contribution in [3.05, 3.63) is 41.5 Å². The van der Waals surface area contributed by atoms with Crippen molar-refractivity contribution in [3.8, 4) is 11.1 Å². The number of aromatic nitrogens is 2. The molecular weight excluding hydrogens is 292 g/mol. The monoisotopic (exact) mass is 312 g/mol. The number of nitrogens with two attached hydrogens (primary N) is 1. The molecule has 0 aliphatic heterocycles. The van der Waals surface area contributed by atoms with E-state index in [0.29, 0.717) is 6.54 Å². The molecule has 0 amide bonds. The smallest absolute Gasteiger partial charge is 0.138 e. The Morgan fingerprint density at radius 3 is 2.73 bits per heavy atom. The van der Waals surface area contributed by atoms with Crippen molar-refractivity contribution in [2.75, 3.05) is 18.4 Å². The van der Waals surface area contributed by atoms with E-state index >= 15 is 0 Å². The van der Waals surface area contributed by atoms with E-state index in [4.69, 9.17) is 5.73 Å². The van der Waals surface area contributed by atoms with Gasteiger partial charge in [0.15, 0.2) is 0 Å². The van der Waals surface area contributed by atoms with Crippen LogP contribution in [0.2, 0.25) is 0 Å². The van der Waals surface area contributed by atoms with Crippen LogP contribution < -0.4 is 11.1 Å². The summed E-state index contributed by atoms with van der Waals surface area (Å²) in [6.45, 7) is 3.67. The topological polar surface area (TPSA) is 63.8 Å². The van der Waals surface area contributed by atoms with Gasteiger partial charge in [0, 0.05) is 17.5 Å². The second kappa shape index (κ2) is 6.85. The highest BCUT2D eigenvalue weighted by Crippen LogP contribution is 2.36. The van der Waals surface area contributed by atoms with E-state index in [2.05, 4.69) is 51.9 Å². The Morgan fingerprint density at radius 1 is 1.18 bits per heavy atom. The molecule has 3 aromatic rings. The van der Waals surface area contributed by atoms with Crippen LogP contribution >= 0.6 is 11.3 Å². The number of hydrogen-bond acceptors (Lipinski definition) is 5. The lowest BCUT2D eigenvalue weighted by atomic mass is 10.0. The first-order chi connectivity index (χ1) is 10.8. The van der Waals surface area contributed by atoms with Gasteiger partial charge in [-0.2, -0.15) is 0 Å². The summed E-state index contributed by atoms with van der Waals surface area (Å²) in [6, 6.07) is 8.72. The molecule has 2 aromatic heterocycles. The molecule has 1 aromatic carbocycles. The maximum absolute atomic E-state index is 5.56. The minimum absolute atomic E-state index is 0.677. The van der Waals surface area contributed by atoms with Crippen molar-refractivity contribution in [2.24, 2.45) is 5.73 Å². The van der Waals surface area contributed by atoms with Crippen LogP contribution in [0.4, 0.5) is 5.82 Å². The molecule has 0 saturated heterocycles. The van der Waals surface area contributed by atoms with Gasteiger partial charge in [-0.15, -0.1) is 11.3 Å². The molecule has 5 heteroatoms. The Bertz CT molecular complexity index is 749. The quantitative estimate of drug-likeness (QED) is 0.682. The highest BCUT2D eigenvalue weighted by Gasteiger charge is 2.12. The van der Waals surface area contributed by atoms with Gasteiger partial charge in [0.25, 0.3) is 0 Å². The molecule has 2 heterocycles. The summed E-state index contributed by atoms with van der Waals surface area (Å²) in [5, 5.41) is 6.65. The number of anilines is 1. The molecule has 0 unspecified atom stereocenters. The molecule has 0 radical (unpaired) electrons. The number of benzene rings is 1. The maximum atomic E-state index is 5.56. The first-order valence-electron chi connectivity index (χ1n) is 7.59. The van der Waals surface area contributed by atoms with Gasteiger partial charge < -0.3 is 11.1 Å². The highest BCUT2D eigenvalue weighted by molar-refractivity contribution is 7.17. The molecular formula is C17H20N4S. The number of aryl methyl sites for hydroxylation is 1. The Labute approximate surface area is 134 Å². The standard InChI is InChI=1S/C17H20N4S/c1-2-12-4-6-13(7-5-12)14-10-22-17-15(14)16(20-11-21-17)19-9-3-8-18/h4-7,10-11H,2-3,8-9,18H2,1H3,(H,19,20,21). The number of hydrogen-bond donors (Lipinski definition) is 2. The van der Waals surface area contributed by atoms with E-state index in [-0.39, 0.29) is 0 Å². The molecule has 22 heavy (non-hydrogen) atoms. The highest BCUT2D eigenvalue weighted by atomic mass is 32.1. The van der Waals surface area contributed by atoms with Gasteiger partial charge >= 0.3 is 0 Å². The third kappa shape index (κ3) is 2.96. The van der Waals surface area contributed by atoms with Crippen LogP contribution in [-0.2, 0) is 6.42 Å². The normalized spacial score (nSPS) is 11.0. The second-order valence-electron chi connectivity index (χ2n) is 5.17. The largest absolute Gasteiger partial charge is 0.369 e. The molecule has 0 spiro atoms. The summed E-state index contributed by atoms with van der Waals surface area (Å²) in [5.41, 5.74) is 9.31. The summed E-state index contributed by atoms with van der Waals surface area (Å²) < 4.78 is 0. The number of nitrogens with one attached hydrogen (secondary N) is 1. The Hall–Kier alpha value is -1.98. The lowest BCUT2D eigenvalue weighted by Crippen LogP contribution is -2.09. The first-order valence-corrected chi connectivity index (χ1v) is 8.47. The van der Waals surface area contributed by atoms with Gasteiger partial charge in [-0.3, -0.25) is 0 Å². The molecule has 4 nitrogen and oxygen atoms in total. The van der Waals surface area contributed by atoms with Gasteiger partial charge in [-0.25, -0.2) is 9.97 Å². The summed E-state index contributed by atoms with van der Waals surface area (Å²) in [7, 11) is 0. The summed E-state index contributed by atoms with van der Waals surface area (Å²) >= 11 is 1.66. The van der Waals surface area contributed by atoms with Gasteiger partial charge in [0.1, 0.15) is 17.0 Å². The van der Waals surface area contributed by atoms with Gasteiger partial charge in [-0.1, -0.05) is 31.2 Å². The zero-order valence-electron chi connectivity index (χ0n) is 12.7. The Kier molecular flexibility index (Phi) is 4.65. The van der Waals surface area contributed by atoms with Crippen molar-refractivity contribution < 1.29 is 0 Å². The van der Waals surface area contributed by atoms with Crippen LogP contribution in [0.25, 0.3) is 21.3 Å². The van der Waals surface area contributed by atoms with E-state index in [1.54, 1.807) is 17.7 Å². The predicted octanol–water partition coefficient (Wildman–Crippen LogP) is 3.68. The zero-order chi connectivity index (χ0) is 15.4. The fourth-order valence-corrected chi connectivity index (χ4v) is 3.37. The van der Waals surface area contributed by atoms with E-state index in [1.165, 1.54) is 16.7 Å². The predicted molar refractivity (Wildman–Crippen MR) is 94.4 cm³/mol. The minimum Gasteiger partial charge on any atom is -0.369 e. The fraction of sp³-hybridized carbons (Fsp3) is 0.294. The average molecular weight is 312 g/mol. The van der Waals surface area contributed by atoms with E-state index < -0.39 is 0 Å². The lowest BCUT2D eigenvalue weighted by Gasteiger charge is -2.08. The Balaban J connectivity index is 2.01. The maximum Gasteiger partial charge on any atom is 0.138 e. The van der Waals surface area contributed by atoms with Crippen molar-refractivity contribution >= 4 is 27.4 Å². The van der Waals surface area contributed by atoms with E-state index in [9.17, 15) is 0 Å². The van der Waals surface area contributed by atoms with Gasteiger partial charge in [-0.05, 0) is 30.5 Å². The van der Waals surface area contributed by atoms with Crippen molar-refractivity contribution in [2.45, 2.75) is 19.8 Å². The SMILES string of the molecule is CCc1ccc(-c2csc3ncnc(NCCCN)c23)cc1. The molecule has 114 valence electrons. The molecule has 0 saturated carbocycles. The van der Waals surface area contributed by atoms with Crippen molar-refractivity contribution in [3.63, 3.8) is 0 Å². The van der Waals surface area contributed by atoms with Gasteiger partial charge in [0.05, 0.1) is 5.39 Å². The van der Waals surface area contributed by atoms with Crippen LogP contribution in [0.3, 0.4) is 0 Å². The van der Waals surface area contributed by atoms with E-state index in [1.807, 2.05) is 0 Å². The third-order valence-corrected chi connectivity index (χ3v) is 4.60. The third-order valence-electron chi connectivity index (χ3n) is 3.72. The van der Waals surface area contributed by atoms with Crippen LogP contribution in [0.5, 0.6) is 0 Å².